The smallest absolute Gasteiger partial charge is 0.289 e. The summed E-state index contributed by atoms with van der Waals surface area (Å²) >= 11 is 0. The van der Waals surface area contributed by atoms with Crippen LogP contribution in [-0.2, 0) is 19.5 Å². The fourth-order valence-electron chi connectivity index (χ4n) is 4.66. The highest BCUT2D eigenvalue weighted by Gasteiger charge is 2.39. The van der Waals surface area contributed by atoms with Crippen LogP contribution < -0.4 is 5.32 Å². The lowest BCUT2D eigenvalue weighted by Gasteiger charge is -2.25. The molecule has 0 unspecified atom stereocenters. The molecule has 1 fully saturated rings. The number of rotatable bonds is 4. The molecule has 1 saturated heterocycles. The standard InChI is InChI=1S/C21H29N5O/c1-13(2)22-21(27)20-24-23-19-8-17-10-25(11-18(17)12-26(19)20)9-16-6-14(3)5-15(4)7-16/h5-7,13,17-18H,8-12H2,1-4H3,(H,22,27)/t17-,18-/m0/s1. The van der Waals surface area contributed by atoms with Gasteiger partial charge in [0.25, 0.3) is 5.91 Å². The maximum absolute atomic E-state index is 12.4. The van der Waals surface area contributed by atoms with Crippen molar-refractivity contribution >= 4 is 5.91 Å². The molecule has 2 aliphatic heterocycles. The summed E-state index contributed by atoms with van der Waals surface area (Å²) in [5, 5.41) is 11.4. The molecule has 1 aromatic carbocycles. The summed E-state index contributed by atoms with van der Waals surface area (Å²) < 4.78 is 2.04. The Balaban J connectivity index is 1.45. The summed E-state index contributed by atoms with van der Waals surface area (Å²) in [6, 6.07) is 6.90. The highest BCUT2D eigenvalue weighted by molar-refractivity contribution is 5.90. The van der Waals surface area contributed by atoms with Gasteiger partial charge in [0.15, 0.2) is 0 Å². The molecular formula is C21H29N5O. The Morgan fingerprint density at radius 1 is 1.11 bits per heavy atom. The van der Waals surface area contributed by atoms with E-state index >= 15 is 0 Å². The zero-order chi connectivity index (χ0) is 19.1. The van der Waals surface area contributed by atoms with Gasteiger partial charge in [-0.25, -0.2) is 0 Å². The summed E-state index contributed by atoms with van der Waals surface area (Å²) in [7, 11) is 0. The fourth-order valence-corrected chi connectivity index (χ4v) is 4.66. The van der Waals surface area contributed by atoms with Crippen molar-refractivity contribution in [1.82, 2.24) is 25.0 Å². The number of amides is 1. The second kappa shape index (κ2) is 7.08. The van der Waals surface area contributed by atoms with E-state index in [0.29, 0.717) is 17.7 Å². The largest absolute Gasteiger partial charge is 0.347 e. The molecule has 6 nitrogen and oxygen atoms in total. The van der Waals surface area contributed by atoms with Crippen LogP contribution in [0.1, 0.15) is 47.0 Å². The molecule has 0 bridgehead atoms. The molecule has 144 valence electrons. The molecule has 1 amide bonds. The maximum atomic E-state index is 12.4. The van der Waals surface area contributed by atoms with Gasteiger partial charge in [0.2, 0.25) is 5.82 Å². The number of aryl methyl sites for hydroxylation is 2. The van der Waals surface area contributed by atoms with Crippen molar-refractivity contribution in [2.45, 2.75) is 53.2 Å². The van der Waals surface area contributed by atoms with Crippen LogP contribution in [0.5, 0.6) is 0 Å². The van der Waals surface area contributed by atoms with Gasteiger partial charge >= 0.3 is 0 Å². The number of nitrogens with zero attached hydrogens (tertiary/aromatic N) is 4. The van der Waals surface area contributed by atoms with Crippen molar-refractivity contribution in [3.05, 3.63) is 46.5 Å². The second-order valence-corrected chi connectivity index (χ2v) is 8.59. The minimum atomic E-state index is -0.118. The first-order chi connectivity index (χ1) is 12.9. The summed E-state index contributed by atoms with van der Waals surface area (Å²) in [4.78, 5) is 15.0. The van der Waals surface area contributed by atoms with Gasteiger partial charge in [0.05, 0.1) is 0 Å². The Morgan fingerprint density at radius 2 is 1.81 bits per heavy atom. The molecular weight excluding hydrogens is 338 g/mol. The molecule has 0 saturated carbocycles. The number of hydrogen-bond acceptors (Lipinski definition) is 4. The van der Waals surface area contributed by atoms with Crippen LogP contribution >= 0.6 is 0 Å². The van der Waals surface area contributed by atoms with E-state index in [0.717, 1.165) is 38.4 Å². The van der Waals surface area contributed by atoms with Gasteiger partial charge in [-0.1, -0.05) is 29.3 Å². The second-order valence-electron chi connectivity index (χ2n) is 8.59. The predicted molar refractivity (Wildman–Crippen MR) is 105 cm³/mol. The van der Waals surface area contributed by atoms with E-state index in [1.807, 2.05) is 18.4 Å². The third-order valence-electron chi connectivity index (χ3n) is 5.65. The van der Waals surface area contributed by atoms with Crippen molar-refractivity contribution in [2.24, 2.45) is 11.8 Å². The minimum absolute atomic E-state index is 0.0987. The van der Waals surface area contributed by atoms with Crippen LogP contribution in [0.2, 0.25) is 0 Å². The summed E-state index contributed by atoms with van der Waals surface area (Å²) in [6.07, 6.45) is 0.913. The summed E-state index contributed by atoms with van der Waals surface area (Å²) in [6.45, 7) is 12.3. The van der Waals surface area contributed by atoms with Gasteiger partial charge in [0.1, 0.15) is 5.82 Å². The lowest BCUT2D eigenvalue weighted by Crippen LogP contribution is -2.35. The quantitative estimate of drug-likeness (QED) is 0.901. The predicted octanol–water partition coefficient (Wildman–Crippen LogP) is 2.34. The van der Waals surface area contributed by atoms with Crippen LogP contribution in [0.3, 0.4) is 0 Å². The Morgan fingerprint density at radius 3 is 2.52 bits per heavy atom. The Bertz CT molecular complexity index is 836. The number of hydrogen-bond donors (Lipinski definition) is 1. The number of aromatic nitrogens is 3. The number of benzene rings is 1. The van der Waals surface area contributed by atoms with E-state index in [-0.39, 0.29) is 11.9 Å². The third kappa shape index (κ3) is 3.76. The van der Waals surface area contributed by atoms with Crippen LogP contribution in [0.25, 0.3) is 0 Å². The summed E-state index contributed by atoms with van der Waals surface area (Å²) in [5.41, 5.74) is 4.05. The van der Waals surface area contributed by atoms with Crippen LogP contribution in [-0.4, -0.2) is 44.7 Å². The first kappa shape index (κ1) is 18.2. The first-order valence-corrected chi connectivity index (χ1v) is 9.91. The zero-order valence-electron chi connectivity index (χ0n) is 16.7. The average Bonchev–Trinajstić information content (AvgIpc) is 3.13. The van der Waals surface area contributed by atoms with Gasteiger partial charge in [-0.3, -0.25) is 9.69 Å². The molecule has 1 N–H and O–H groups in total. The Hall–Kier alpha value is -2.21. The number of carbonyl (C=O) groups excluding carboxylic acids is 1. The number of nitrogens with one attached hydrogen (secondary N) is 1. The normalized spacial score (nSPS) is 22.0. The molecule has 2 aliphatic rings. The minimum Gasteiger partial charge on any atom is -0.347 e. The van der Waals surface area contributed by atoms with Crippen LogP contribution in [0, 0.1) is 25.7 Å². The van der Waals surface area contributed by atoms with Crippen molar-refractivity contribution in [3.8, 4) is 0 Å². The average molecular weight is 367 g/mol. The Kier molecular flexibility index (Phi) is 4.76. The molecule has 1 aromatic heterocycles. The van der Waals surface area contributed by atoms with Crippen LogP contribution in [0.15, 0.2) is 18.2 Å². The zero-order valence-corrected chi connectivity index (χ0v) is 16.7. The van der Waals surface area contributed by atoms with E-state index in [1.165, 1.54) is 16.7 Å². The molecule has 3 heterocycles. The van der Waals surface area contributed by atoms with E-state index in [9.17, 15) is 4.79 Å². The number of carbonyl (C=O) groups is 1. The highest BCUT2D eigenvalue weighted by atomic mass is 16.2. The topological polar surface area (TPSA) is 63.1 Å². The number of likely N-dealkylation sites (tertiary alicyclic amines) is 1. The van der Waals surface area contributed by atoms with E-state index in [1.54, 1.807) is 0 Å². The third-order valence-corrected chi connectivity index (χ3v) is 5.65. The van der Waals surface area contributed by atoms with Gasteiger partial charge in [-0.05, 0) is 45.1 Å². The van der Waals surface area contributed by atoms with Crippen molar-refractivity contribution in [2.75, 3.05) is 13.1 Å². The van der Waals surface area contributed by atoms with Gasteiger partial charge < -0.3 is 9.88 Å². The molecule has 2 aromatic rings. The fraction of sp³-hybridized carbons (Fsp3) is 0.571. The molecule has 2 atom stereocenters. The highest BCUT2D eigenvalue weighted by Crippen LogP contribution is 2.33. The monoisotopic (exact) mass is 367 g/mol. The lowest BCUT2D eigenvalue weighted by atomic mass is 9.89. The maximum Gasteiger partial charge on any atom is 0.289 e. The molecule has 6 heteroatoms. The number of fused-ring (bicyclic) bond motifs is 2. The Labute approximate surface area is 161 Å². The van der Waals surface area contributed by atoms with E-state index in [4.69, 9.17) is 0 Å². The summed E-state index contributed by atoms with van der Waals surface area (Å²) in [5.74, 6) is 2.47. The SMILES string of the molecule is Cc1cc(C)cc(CN2C[C@@H]3Cc4nnc(C(=O)NC(C)C)n4C[C@@H]3C2)c1. The van der Waals surface area contributed by atoms with Crippen molar-refractivity contribution in [3.63, 3.8) is 0 Å². The van der Waals surface area contributed by atoms with Crippen molar-refractivity contribution < 1.29 is 4.79 Å². The first-order valence-electron chi connectivity index (χ1n) is 9.91. The van der Waals surface area contributed by atoms with Crippen LogP contribution in [0.4, 0.5) is 0 Å². The lowest BCUT2D eigenvalue weighted by molar-refractivity contribution is 0.0924. The molecule has 0 radical (unpaired) electrons. The molecule has 4 rings (SSSR count). The molecule has 0 spiro atoms. The molecule has 0 aliphatic carbocycles. The van der Waals surface area contributed by atoms with E-state index < -0.39 is 0 Å². The molecule has 27 heavy (non-hydrogen) atoms. The van der Waals surface area contributed by atoms with Gasteiger partial charge in [-0.2, -0.15) is 0 Å². The van der Waals surface area contributed by atoms with E-state index in [2.05, 4.69) is 52.5 Å². The van der Waals surface area contributed by atoms with Gasteiger partial charge in [0, 0.05) is 38.6 Å². The van der Waals surface area contributed by atoms with Crippen molar-refractivity contribution in [1.29, 1.82) is 0 Å². The van der Waals surface area contributed by atoms with Gasteiger partial charge in [-0.15, -0.1) is 10.2 Å².